The molecular weight excluding hydrogens is 323 g/mol. The van der Waals surface area contributed by atoms with E-state index in [2.05, 4.69) is 4.98 Å². The predicted octanol–water partition coefficient (Wildman–Crippen LogP) is 2.35. The van der Waals surface area contributed by atoms with Gasteiger partial charge in [-0.2, -0.15) is 0 Å². The molecule has 1 N–H and O–H groups in total. The molecule has 128 valence electrons. The molecule has 0 aliphatic rings. The molecule has 0 atom stereocenters. The zero-order valence-electron chi connectivity index (χ0n) is 13.4. The van der Waals surface area contributed by atoms with Crippen LogP contribution in [-0.4, -0.2) is 16.2 Å². The lowest BCUT2D eigenvalue weighted by Crippen LogP contribution is -2.30. The molecule has 0 saturated carbocycles. The summed E-state index contributed by atoms with van der Waals surface area (Å²) in [4.78, 5) is 24.9. The molecule has 0 saturated heterocycles. The fourth-order valence-electron chi connectivity index (χ4n) is 2.52. The first kappa shape index (κ1) is 16.7. The summed E-state index contributed by atoms with van der Waals surface area (Å²) >= 11 is 0. The van der Waals surface area contributed by atoms with Gasteiger partial charge in [-0.05, 0) is 23.8 Å². The van der Waals surface area contributed by atoms with E-state index >= 15 is 0 Å². The monoisotopic (exact) mass is 340 g/mol. The highest BCUT2D eigenvalue weighted by Gasteiger charge is 2.07. The van der Waals surface area contributed by atoms with E-state index in [0.29, 0.717) is 12.2 Å². The van der Waals surface area contributed by atoms with Crippen LogP contribution in [0, 0.1) is 5.82 Å². The van der Waals surface area contributed by atoms with Gasteiger partial charge in [-0.1, -0.05) is 30.3 Å². The molecule has 0 aliphatic heterocycles. The molecule has 25 heavy (non-hydrogen) atoms. The average Bonchev–Trinajstić information content (AvgIpc) is 2.59. The van der Waals surface area contributed by atoms with Gasteiger partial charge in [0.15, 0.2) is 0 Å². The van der Waals surface area contributed by atoms with E-state index < -0.39 is 11.2 Å². The van der Waals surface area contributed by atoms with Gasteiger partial charge in [0.05, 0.1) is 6.54 Å². The lowest BCUT2D eigenvalue weighted by Gasteiger charge is -2.12. The number of rotatable bonds is 6. The largest absolute Gasteiger partial charge is 0.491 e. The van der Waals surface area contributed by atoms with Crippen molar-refractivity contribution in [3.05, 3.63) is 98.6 Å². The SMILES string of the molecule is O=c1ccn(CCOc2ccc(F)cc2Cc2ccccc2)c(=O)[nH]1. The molecule has 0 fully saturated rings. The Bertz CT molecular complexity index is 964. The molecular formula is C19H17FN2O3. The molecule has 1 aromatic heterocycles. The maximum absolute atomic E-state index is 13.6. The van der Waals surface area contributed by atoms with Crippen LogP contribution in [0.4, 0.5) is 4.39 Å². The van der Waals surface area contributed by atoms with Crippen molar-refractivity contribution < 1.29 is 9.13 Å². The van der Waals surface area contributed by atoms with Crippen molar-refractivity contribution in [1.29, 1.82) is 0 Å². The van der Waals surface area contributed by atoms with Crippen LogP contribution < -0.4 is 16.0 Å². The molecule has 0 unspecified atom stereocenters. The number of nitrogens with one attached hydrogen (secondary N) is 1. The minimum Gasteiger partial charge on any atom is -0.491 e. The summed E-state index contributed by atoms with van der Waals surface area (Å²) in [7, 11) is 0. The van der Waals surface area contributed by atoms with Crippen molar-refractivity contribution >= 4 is 0 Å². The van der Waals surface area contributed by atoms with Crippen LogP contribution in [0.2, 0.25) is 0 Å². The second kappa shape index (κ2) is 7.61. The molecule has 3 rings (SSSR count). The standard InChI is InChI=1S/C19H17FN2O3/c20-16-6-7-17(15(13-16)12-14-4-2-1-3-5-14)25-11-10-22-9-8-18(23)21-19(22)24/h1-9,13H,10-12H2,(H,21,23,24). The van der Waals surface area contributed by atoms with Crippen LogP contribution in [0.15, 0.2) is 70.4 Å². The quantitative estimate of drug-likeness (QED) is 0.749. The van der Waals surface area contributed by atoms with Crippen LogP contribution in [0.5, 0.6) is 5.75 Å². The highest BCUT2D eigenvalue weighted by molar-refractivity contribution is 5.38. The molecule has 3 aromatic rings. The molecule has 0 aliphatic carbocycles. The van der Waals surface area contributed by atoms with Gasteiger partial charge >= 0.3 is 5.69 Å². The van der Waals surface area contributed by atoms with Crippen LogP contribution >= 0.6 is 0 Å². The van der Waals surface area contributed by atoms with E-state index in [0.717, 1.165) is 11.1 Å². The van der Waals surface area contributed by atoms with E-state index in [-0.39, 0.29) is 19.0 Å². The first-order valence-electron chi connectivity index (χ1n) is 7.87. The second-order valence-electron chi connectivity index (χ2n) is 5.57. The smallest absolute Gasteiger partial charge is 0.328 e. The van der Waals surface area contributed by atoms with Gasteiger partial charge in [-0.25, -0.2) is 9.18 Å². The summed E-state index contributed by atoms with van der Waals surface area (Å²) in [5.74, 6) is 0.248. The summed E-state index contributed by atoms with van der Waals surface area (Å²) in [6, 6.07) is 15.4. The van der Waals surface area contributed by atoms with Crippen molar-refractivity contribution in [2.24, 2.45) is 0 Å². The Labute approximate surface area is 143 Å². The van der Waals surface area contributed by atoms with Gasteiger partial charge in [0, 0.05) is 24.2 Å². The van der Waals surface area contributed by atoms with Crippen LogP contribution in [-0.2, 0) is 13.0 Å². The molecule has 6 heteroatoms. The van der Waals surface area contributed by atoms with Crippen LogP contribution in [0.1, 0.15) is 11.1 Å². The van der Waals surface area contributed by atoms with Gasteiger partial charge in [0.1, 0.15) is 18.2 Å². The Morgan fingerprint density at radius 2 is 1.84 bits per heavy atom. The summed E-state index contributed by atoms with van der Waals surface area (Å²) in [5.41, 5.74) is 0.861. The predicted molar refractivity (Wildman–Crippen MR) is 92.5 cm³/mol. The van der Waals surface area contributed by atoms with Crippen LogP contribution in [0.25, 0.3) is 0 Å². The third-order valence-corrected chi connectivity index (χ3v) is 3.75. The summed E-state index contributed by atoms with van der Waals surface area (Å²) in [6.45, 7) is 0.497. The first-order chi connectivity index (χ1) is 12.1. The van der Waals surface area contributed by atoms with Crippen molar-refractivity contribution in [2.75, 3.05) is 6.61 Å². The first-order valence-corrected chi connectivity index (χ1v) is 7.87. The number of nitrogens with zero attached hydrogens (tertiary/aromatic N) is 1. The van der Waals surface area contributed by atoms with Gasteiger partial charge in [0.25, 0.3) is 5.56 Å². The highest BCUT2D eigenvalue weighted by Crippen LogP contribution is 2.23. The minimum atomic E-state index is -0.486. The number of halogens is 1. The Morgan fingerprint density at radius 3 is 2.60 bits per heavy atom. The number of hydrogen-bond acceptors (Lipinski definition) is 3. The van der Waals surface area contributed by atoms with E-state index in [1.54, 1.807) is 6.07 Å². The highest BCUT2D eigenvalue weighted by atomic mass is 19.1. The number of hydrogen-bond donors (Lipinski definition) is 1. The van der Waals surface area contributed by atoms with E-state index in [9.17, 15) is 14.0 Å². The fraction of sp³-hybridized carbons (Fsp3) is 0.158. The summed E-state index contributed by atoms with van der Waals surface area (Å²) < 4.78 is 20.7. The Kier molecular flexibility index (Phi) is 5.09. The fourth-order valence-corrected chi connectivity index (χ4v) is 2.52. The van der Waals surface area contributed by atoms with Crippen molar-refractivity contribution in [1.82, 2.24) is 9.55 Å². The molecule has 0 spiro atoms. The maximum atomic E-state index is 13.6. The number of ether oxygens (including phenoxy) is 1. The van der Waals surface area contributed by atoms with E-state index in [1.807, 2.05) is 30.3 Å². The third kappa shape index (κ3) is 4.44. The topological polar surface area (TPSA) is 64.1 Å². The Morgan fingerprint density at radius 1 is 1.04 bits per heavy atom. The lowest BCUT2D eigenvalue weighted by atomic mass is 10.0. The molecule has 1 heterocycles. The second-order valence-corrected chi connectivity index (χ2v) is 5.57. The minimum absolute atomic E-state index is 0.222. The Hall–Kier alpha value is -3.15. The summed E-state index contributed by atoms with van der Waals surface area (Å²) in [5, 5.41) is 0. The zero-order valence-corrected chi connectivity index (χ0v) is 13.4. The van der Waals surface area contributed by atoms with Gasteiger partial charge in [0.2, 0.25) is 0 Å². The molecule has 0 bridgehead atoms. The van der Waals surface area contributed by atoms with Crippen molar-refractivity contribution in [2.45, 2.75) is 13.0 Å². The average molecular weight is 340 g/mol. The van der Waals surface area contributed by atoms with E-state index in [4.69, 9.17) is 4.74 Å². The zero-order chi connectivity index (χ0) is 17.6. The lowest BCUT2D eigenvalue weighted by molar-refractivity contribution is 0.292. The van der Waals surface area contributed by atoms with Gasteiger partial charge in [-0.3, -0.25) is 14.3 Å². The Balaban J connectivity index is 1.71. The van der Waals surface area contributed by atoms with Gasteiger partial charge < -0.3 is 4.74 Å². The molecule has 0 radical (unpaired) electrons. The molecule has 5 nitrogen and oxygen atoms in total. The number of H-pyrrole nitrogens is 1. The van der Waals surface area contributed by atoms with Crippen molar-refractivity contribution in [3.8, 4) is 5.75 Å². The van der Waals surface area contributed by atoms with E-state index in [1.165, 1.54) is 29.0 Å². The third-order valence-electron chi connectivity index (χ3n) is 3.75. The maximum Gasteiger partial charge on any atom is 0.328 e. The molecule has 0 amide bonds. The van der Waals surface area contributed by atoms with Crippen molar-refractivity contribution in [3.63, 3.8) is 0 Å². The van der Waals surface area contributed by atoms with Crippen LogP contribution in [0.3, 0.4) is 0 Å². The van der Waals surface area contributed by atoms with Gasteiger partial charge in [-0.15, -0.1) is 0 Å². The molecule has 2 aromatic carbocycles. The number of benzene rings is 2. The normalized spacial score (nSPS) is 10.6. The number of aromatic amines is 1. The number of aromatic nitrogens is 2. The summed E-state index contributed by atoms with van der Waals surface area (Å²) in [6.07, 6.45) is 1.96.